The van der Waals surface area contributed by atoms with Crippen molar-refractivity contribution in [1.29, 1.82) is 0 Å². The molecule has 198 valence electrons. The largest absolute Gasteiger partial charge is 0.504 e. The van der Waals surface area contributed by atoms with Crippen molar-refractivity contribution in [3.05, 3.63) is 59.2 Å². The van der Waals surface area contributed by atoms with E-state index in [2.05, 4.69) is 4.90 Å². The third kappa shape index (κ3) is 3.51. The molecule has 2 bridgehead atoms. The fourth-order valence-electron chi connectivity index (χ4n) is 7.73. The molecule has 3 fully saturated rings. The fraction of sp³-hybridized carbons (Fsp3) is 0.552. The molecule has 0 amide bonds. The van der Waals surface area contributed by atoms with E-state index in [1.165, 1.54) is 12.8 Å². The van der Waals surface area contributed by atoms with Crippen LogP contribution in [0, 0.1) is 5.92 Å². The SMILES string of the molecule is Cl.O=C1CCC2(OCC(O)C(O)c3ccccc3)[C@H]3Cc4ccc(O)c5c4[C@@]2(CCN3CC2CC2)[C@H]1O5. The molecule has 1 spiro atoms. The van der Waals surface area contributed by atoms with Gasteiger partial charge >= 0.3 is 0 Å². The van der Waals surface area contributed by atoms with Gasteiger partial charge < -0.3 is 24.8 Å². The fourth-order valence-corrected chi connectivity index (χ4v) is 7.73. The monoisotopic (exact) mass is 527 g/mol. The summed E-state index contributed by atoms with van der Waals surface area (Å²) in [5, 5.41) is 32.6. The quantitative estimate of drug-likeness (QED) is 0.509. The van der Waals surface area contributed by atoms with E-state index in [0.29, 0.717) is 36.5 Å². The molecule has 3 unspecified atom stereocenters. The van der Waals surface area contributed by atoms with Crippen molar-refractivity contribution >= 4 is 18.2 Å². The number of ketones is 1. The molecule has 2 aromatic carbocycles. The second-order valence-corrected chi connectivity index (χ2v) is 11.4. The molecule has 0 radical (unpaired) electrons. The van der Waals surface area contributed by atoms with E-state index < -0.39 is 29.3 Å². The van der Waals surface area contributed by atoms with Crippen LogP contribution < -0.4 is 4.74 Å². The third-order valence-corrected chi connectivity index (χ3v) is 9.54. The summed E-state index contributed by atoms with van der Waals surface area (Å²) in [6.45, 7) is 1.82. The molecular weight excluding hydrogens is 494 g/mol. The summed E-state index contributed by atoms with van der Waals surface area (Å²) in [7, 11) is 0. The Balaban J connectivity index is 0.00000252. The topological polar surface area (TPSA) is 99.5 Å². The van der Waals surface area contributed by atoms with Gasteiger partial charge in [0.2, 0.25) is 0 Å². The van der Waals surface area contributed by atoms with Crippen LogP contribution in [-0.2, 0) is 21.4 Å². The number of rotatable bonds is 7. The van der Waals surface area contributed by atoms with Gasteiger partial charge in [0.25, 0.3) is 0 Å². The third-order valence-electron chi connectivity index (χ3n) is 9.54. The van der Waals surface area contributed by atoms with Crippen molar-refractivity contribution < 1.29 is 29.6 Å². The van der Waals surface area contributed by atoms with E-state index in [4.69, 9.17) is 9.47 Å². The first kappa shape index (κ1) is 25.1. The van der Waals surface area contributed by atoms with E-state index in [1.54, 1.807) is 18.2 Å². The standard InChI is InChI=1S/C29H33NO6.ClH/c31-20-9-8-19-14-23-29(35-16-22(33)25(34)18-4-2-1-3-5-18)11-10-21(32)27-28(29,24(19)26(20)36-27)12-13-30(23)15-17-6-7-17;/h1-5,8-9,17,22-23,25,27,31,33-34H,6-7,10-16H2;1H/t22?,23-,25?,27+,28+,29?;/m1./s1. The summed E-state index contributed by atoms with van der Waals surface area (Å²) in [5.74, 6) is 1.26. The highest BCUT2D eigenvalue weighted by molar-refractivity contribution is 5.90. The maximum Gasteiger partial charge on any atom is 0.174 e. The van der Waals surface area contributed by atoms with Gasteiger partial charge in [0.15, 0.2) is 23.4 Å². The average Bonchev–Trinajstić information content (AvgIpc) is 3.64. The smallest absolute Gasteiger partial charge is 0.174 e. The molecule has 7 rings (SSSR count). The first-order valence-corrected chi connectivity index (χ1v) is 13.3. The van der Waals surface area contributed by atoms with Crippen LogP contribution in [0.1, 0.15) is 54.9 Å². The summed E-state index contributed by atoms with van der Waals surface area (Å²) in [6.07, 6.45) is 1.95. The number of benzene rings is 2. The zero-order chi connectivity index (χ0) is 24.7. The van der Waals surface area contributed by atoms with Gasteiger partial charge in [-0.3, -0.25) is 9.69 Å². The van der Waals surface area contributed by atoms with Gasteiger partial charge in [0.1, 0.15) is 12.2 Å². The Kier molecular flexibility index (Phi) is 6.08. The van der Waals surface area contributed by atoms with Crippen molar-refractivity contribution in [3.63, 3.8) is 0 Å². The van der Waals surface area contributed by atoms with Gasteiger partial charge in [-0.25, -0.2) is 0 Å². The van der Waals surface area contributed by atoms with E-state index in [-0.39, 0.29) is 36.6 Å². The molecule has 37 heavy (non-hydrogen) atoms. The number of nitrogens with zero attached hydrogens (tertiary/aromatic N) is 1. The molecule has 3 N–H and O–H groups in total. The van der Waals surface area contributed by atoms with Gasteiger partial charge in [-0.05, 0) is 61.8 Å². The summed E-state index contributed by atoms with van der Waals surface area (Å²) in [4.78, 5) is 15.9. The number of aliphatic hydroxyl groups excluding tert-OH is 2. The lowest BCUT2D eigenvalue weighted by Gasteiger charge is -2.64. The van der Waals surface area contributed by atoms with E-state index in [1.807, 2.05) is 24.3 Å². The summed E-state index contributed by atoms with van der Waals surface area (Å²) < 4.78 is 13.1. The second-order valence-electron chi connectivity index (χ2n) is 11.4. The molecule has 7 nitrogen and oxygen atoms in total. The Hall–Kier alpha value is -2.16. The number of carbonyl (C=O) groups is 1. The van der Waals surface area contributed by atoms with Crippen LogP contribution in [0.4, 0.5) is 0 Å². The van der Waals surface area contributed by atoms with E-state index in [9.17, 15) is 20.1 Å². The number of piperidine rings is 1. The number of phenols is 1. The number of phenolic OH excluding ortho intramolecular Hbond substituents is 1. The number of Topliss-reactive ketones (excluding diaryl/α,β-unsaturated/α-hetero) is 1. The van der Waals surface area contributed by atoms with Crippen LogP contribution in [-0.4, -0.2) is 69.5 Å². The Morgan fingerprint density at radius 3 is 2.65 bits per heavy atom. The first-order valence-electron chi connectivity index (χ1n) is 13.3. The molecule has 1 saturated heterocycles. The lowest BCUT2D eigenvalue weighted by molar-refractivity contribution is -0.226. The van der Waals surface area contributed by atoms with Crippen molar-refractivity contribution in [2.24, 2.45) is 5.92 Å². The molecule has 2 aromatic rings. The van der Waals surface area contributed by atoms with Crippen LogP contribution in [0.5, 0.6) is 11.5 Å². The van der Waals surface area contributed by atoms with Crippen molar-refractivity contribution in [2.45, 2.75) is 73.9 Å². The number of aliphatic hydroxyl groups is 2. The number of hydrogen-bond acceptors (Lipinski definition) is 7. The average molecular weight is 528 g/mol. The predicted octanol–water partition coefficient (Wildman–Crippen LogP) is 3.07. The number of aromatic hydroxyl groups is 1. The minimum absolute atomic E-state index is 0. The number of halogens is 1. The number of ether oxygens (including phenoxy) is 2. The second kappa shape index (κ2) is 8.95. The van der Waals surface area contributed by atoms with Gasteiger partial charge in [0, 0.05) is 24.6 Å². The molecule has 2 aliphatic heterocycles. The lowest BCUT2D eigenvalue weighted by Crippen LogP contribution is -2.77. The van der Waals surface area contributed by atoms with Crippen molar-refractivity contribution in [2.75, 3.05) is 19.7 Å². The zero-order valence-electron chi connectivity index (χ0n) is 20.7. The summed E-state index contributed by atoms with van der Waals surface area (Å²) in [6, 6.07) is 12.8. The predicted molar refractivity (Wildman–Crippen MR) is 138 cm³/mol. The summed E-state index contributed by atoms with van der Waals surface area (Å²) in [5.41, 5.74) is 1.24. The minimum Gasteiger partial charge on any atom is -0.504 e. The maximum absolute atomic E-state index is 13.3. The Morgan fingerprint density at radius 2 is 1.89 bits per heavy atom. The molecule has 6 atom stereocenters. The molecule has 8 heteroatoms. The number of carbonyl (C=O) groups excluding carboxylic acids is 1. The molecule has 2 heterocycles. The van der Waals surface area contributed by atoms with Crippen LogP contribution in [0.2, 0.25) is 0 Å². The molecular formula is C29H34ClNO6. The minimum atomic E-state index is -1.11. The lowest BCUT2D eigenvalue weighted by atomic mass is 9.48. The van der Waals surface area contributed by atoms with Gasteiger partial charge in [-0.15, -0.1) is 12.4 Å². The molecule has 5 aliphatic rings. The number of hydrogen-bond donors (Lipinski definition) is 3. The highest BCUT2D eigenvalue weighted by Crippen LogP contribution is 2.66. The van der Waals surface area contributed by atoms with Crippen LogP contribution in [0.3, 0.4) is 0 Å². The van der Waals surface area contributed by atoms with Gasteiger partial charge in [0.05, 0.1) is 17.6 Å². The van der Waals surface area contributed by atoms with E-state index >= 15 is 0 Å². The number of likely N-dealkylation sites (tertiary alicyclic amines) is 1. The first-order chi connectivity index (χ1) is 17.4. The van der Waals surface area contributed by atoms with Gasteiger partial charge in [-0.2, -0.15) is 0 Å². The van der Waals surface area contributed by atoms with Gasteiger partial charge in [-0.1, -0.05) is 36.4 Å². The van der Waals surface area contributed by atoms with E-state index in [0.717, 1.165) is 30.6 Å². The van der Waals surface area contributed by atoms with Crippen molar-refractivity contribution in [3.8, 4) is 11.5 Å². The molecule has 3 aliphatic carbocycles. The van der Waals surface area contributed by atoms with Crippen LogP contribution >= 0.6 is 12.4 Å². The highest BCUT2D eigenvalue weighted by Gasteiger charge is 2.74. The van der Waals surface area contributed by atoms with Crippen molar-refractivity contribution in [1.82, 2.24) is 4.90 Å². The summed E-state index contributed by atoms with van der Waals surface area (Å²) >= 11 is 0. The van der Waals surface area contributed by atoms with Crippen LogP contribution in [0.25, 0.3) is 0 Å². The molecule has 2 saturated carbocycles. The molecule has 0 aromatic heterocycles. The maximum atomic E-state index is 13.3. The zero-order valence-corrected chi connectivity index (χ0v) is 21.5. The Labute approximate surface area is 222 Å². The van der Waals surface area contributed by atoms with Crippen LogP contribution in [0.15, 0.2) is 42.5 Å². The highest BCUT2D eigenvalue weighted by atomic mass is 35.5. The normalized spacial score (nSPS) is 33.2. The Bertz CT molecular complexity index is 1200. The Morgan fingerprint density at radius 1 is 1.11 bits per heavy atom.